The fourth-order valence-corrected chi connectivity index (χ4v) is 1.97. The van der Waals surface area contributed by atoms with Gasteiger partial charge in [-0.1, -0.05) is 54.6 Å². The van der Waals surface area contributed by atoms with E-state index in [1.807, 2.05) is 24.3 Å². The fraction of sp³-hybridized carbons (Fsp3) is 0.111. The zero-order valence-electron chi connectivity index (χ0n) is 11.2. The molecule has 0 N–H and O–H groups in total. The van der Waals surface area contributed by atoms with E-state index in [1.54, 1.807) is 7.11 Å². The summed E-state index contributed by atoms with van der Waals surface area (Å²) in [6.45, 7) is 3.83. The van der Waals surface area contributed by atoms with Gasteiger partial charge in [0.1, 0.15) is 5.75 Å². The van der Waals surface area contributed by atoms with Crippen LogP contribution in [0.1, 0.15) is 17.5 Å². The summed E-state index contributed by atoms with van der Waals surface area (Å²) < 4.78 is 5.17. The highest BCUT2D eigenvalue weighted by atomic mass is 16.5. The average Bonchev–Trinajstić information content (AvgIpc) is 2.48. The van der Waals surface area contributed by atoms with Crippen LogP contribution >= 0.6 is 0 Å². The standard InChI is InChI=1S/C18H18O/c1-3-7-17(16-8-5-4-6-9-16)14-15-10-12-18(19-2)13-11-15/h3-6,8-14H,1,7H2,2H3/b17-14-. The fourth-order valence-electron chi connectivity index (χ4n) is 1.97. The van der Waals surface area contributed by atoms with Crippen LogP contribution in [0.2, 0.25) is 0 Å². The molecule has 0 aromatic heterocycles. The van der Waals surface area contributed by atoms with Crippen molar-refractivity contribution in [3.63, 3.8) is 0 Å². The largest absolute Gasteiger partial charge is 0.497 e. The average molecular weight is 250 g/mol. The van der Waals surface area contributed by atoms with Crippen LogP contribution in [0.25, 0.3) is 11.6 Å². The van der Waals surface area contributed by atoms with Gasteiger partial charge in [-0.2, -0.15) is 0 Å². The van der Waals surface area contributed by atoms with E-state index in [2.05, 4.69) is 49.1 Å². The predicted octanol–water partition coefficient (Wildman–Crippen LogP) is 4.81. The number of benzene rings is 2. The van der Waals surface area contributed by atoms with E-state index in [4.69, 9.17) is 4.74 Å². The van der Waals surface area contributed by atoms with Gasteiger partial charge in [-0.05, 0) is 35.3 Å². The minimum absolute atomic E-state index is 0.857. The number of rotatable bonds is 5. The molecular formula is C18H18O. The molecule has 0 unspecified atom stereocenters. The molecule has 19 heavy (non-hydrogen) atoms. The summed E-state index contributed by atoms with van der Waals surface area (Å²) in [6.07, 6.45) is 4.98. The molecule has 2 aromatic carbocycles. The van der Waals surface area contributed by atoms with E-state index in [1.165, 1.54) is 16.7 Å². The van der Waals surface area contributed by atoms with E-state index in [9.17, 15) is 0 Å². The lowest BCUT2D eigenvalue weighted by atomic mass is 10.00. The lowest BCUT2D eigenvalue weighted by Crippen LogP contribution is -1.85. The van der Waals surface area contributed by atoms with Gasteiger partial charge in [0, 0.05) is 0 Å². The first kappa shape index (κ1) is 13.2. The van der Waals surface area contributed by atoms with Crippen molar-refractivity contribution in [3.05, 3.63) is 78.4 Å². The van der Waals surface area contributed by atoms with Gasteiger partial charge in [0.15, 0.2) is 0 Å². The van der Waals surface area contributed by atoms with E-state index in [0.29, 0.717) is 0 Å². The summed E-state index contributed by atoms with van der Waals surface area (Å²) in [5, 5.41) is 0. The summed E-state index contributed by atoms with van der Waals surface area (Å²) in [7, 11) is 1.68. The van der Waals surface area contributed by atoms with Gasteiger partial charge in [0.25, 0.3) is 0 Å². The van der Waals surface area contributed by atoms with Gasteiger partial charge in [0.05, 0.1) is 7.11 Å². The molecule has 96 valence electrons. The van der Waals surface area contributed by atoms with Gasteiger partial charge in [-0.25, -0.2) is 0 Å². The molecule has 0 saturated carbocycles. The van der Waals surface area contributed by atoms with Crippen LogP contribution in [0.5, 0.6) is 5.75 Å². The molecule has 0 aliphatic heterocycles. The third-order valence-electron chi connectivity index (χ3n) is 2.97. The van der Waals surface area contributed by atoms with Gasteiger partial charge in [0.2, 0.25) is 0 Å². The Hall–Kier alpha value is -2.28. The monoisotopic (exact) mass is 250 g/mol. The molecule has 0 saturated heterocycles. The lowest BCUT2D eigenvalue weighted by molar-refractivity contribution is 0.415. The first-order chi connectivity index (χ1) is 9.33. The van der Waals surface area contributed by atoms with Crippen molar-refractivity contribution in [2.45, 2.75) is 6.42 Å². The highest BCUT2D eigenvalue weighted by Crippen LogP contribution is 2.22. The second-order valence-corrected chi connectivity index (χ2v) is 4.30. The number of methoxy groups -OCH3 is 1. The first-order valence-corrected chi connectivity index (χ1v) is 6.34. The summed E-state index contributed by atoms with van der Waals surface area (Å²) in [5.74, 6) is 0.877. The zero-order chi connectivity index (χ0) is 13.5. The van der Waals surface area contributed by atoms with Crippen LogP contribution in [0.4, 0.5) is 0 Å². The Morgan fingerprint density at radius 3 is 2.32 bits per heavy atom. The maximum absolute atomic E-state index is 5.17. The third-order valence-corrected chi connectivity index (χ3v) is 2.97. The third kappa shape index (κ3) is 3.59. The van der Waals surface area contributed by atoms with Crippen molar-refractivity contribution in [3.8, 4) is 5.75 Å². The Kier molecular flexibility index (Phi) is 4.57. The summed E-state index contributed by atoms with van der Waals surface area (Å²) in [5.41, 5.74) is 3.67. The van der Waals surface area contributed by atoms with Crippen molar-refractivity contribution in [1.82, 2.24) is 0 Å². The Bertz CT molecular complexity index is 550. The minimum atomic E-state index is 0.857. The number of hydrogen-bond donors (Lipinski definition) is 0. The van der Waals surface area contributed by atoms with Gasteiger partial charge < -0.3 is 4.74 Å². The van der Waals surface area contributed by atoms with Crippen LogP contribution in [-0.4, -0.2) is 7.11 Å². The Morgan fingerprint density at radius 1 is 1.05 bits per heavy atom. The second kappa shape index (κ2) is 6.60. The number of ether oxygens (including phenoxy) is 1. The molecule has 0 radical (unpaired) electrons. The molecule has 0 spiro atoms. The van der Waals surface area contributed by atoms with Gasteiger partial charge in [-0.3, -0.25) is 0 Å². The van der Waals surface area contributed by atoms with Crippen LogP contribution in [-0.2, 0) is 0 Å². The summed E-state index contributed by atoms with van der Waals surface area (Å²) in [6, 6.07) is 18.5. The van der Waals surface area contributed by atoms with Crippen LogP contribution in [0, 0.1) is 0 Å². The second-order valence-electron chi connectivity index (χ2n) is 4.30. The van der Waals surface area contributed by atoms with Crippen molar-refractivity contribution in [1.29, 1.82) is 0 Å². The number of hydrogen-bond acceptors (Lipinski definition) is 1. The highest BCUT2D eigenvalue weighted by molar-refractivity contribution is 5.82. The van der Waals surface area contributed by atoms with Gasteiger partial charge in [-0.15, -0.1) is 6.58 Å². The molecule has 0 bridgehead atoms. The maximum atomic E-state index is 5.17. The lowest BCUT2D eigenvalue weighted by Gasteiger charge is -2.06. The van der Waals surface area contributed by atoms with E-state index < -0.39 is 0 Å². The molecule has 2 rings (SSSR count). The predicted molar refractivity (Wildman–Crippen MR) is 82.1 cm³/mol. The molecule has 0 atom stereocenters. The quantitative estimate of drug-likeness (QED) is 0.546. The Morgan fingerprint density at radius 2 is 1.74 bits per heavy atom. The SMILES string of the molecule is C=CC/C(=C/c1ccc(OC)cc1)c1ccccc1. The van der Waals surface area contributed by atoms with Crippen LogP contribution < -0.4 is 4.74 Å². The normalized spacial score (nSPS) is 11.1. The molecule has 2 aromatic rings. The molecule has 0 amide bonds. The zero-order valence-corrected chi connectivity index (χ0v) is 11.2. The molecule has 0 fully saturated rings. The summed E-state index contributed by atoms with van der Waals surface area (Å²) >= 11 is 0. The van der Waals surface area contributed by atoms with Crippen LogP contribution in [0.15, 0.2) is 67.3 Å². The van der Waals surface area contributed by atoms with E-state index >= 15 is 0 Å². The first-order valence-electron chi connectivity index (χ1n) is 6.34. The minimum Gasteiger partial charge on any atom is -0.497 e. The van der Waals surface area contributed by atoms with Crippen LogP contribution in [0.3, 0.4) is 0 Å². The highest BCUT2D eigenvalue weighted by Gasteiger charge is 2.00. The van der Waals surface area contributed by atoms with E-state index in [-0.39, 0.29) is 0 Å². The number of allylic oxidation sites excluding steroid dienone is 2. The van der Waals surface area contributed by atoms with Crippen molar-refractivity contribution in [2.75, 3.05) is 7.11 Å². The Labute approximate surface area is 114 Å². The topological polar surface area (TPSA) is 9.23 Å². The molecule has 1 nitrogen and oxygen atoms in total. The molecule has 0 aliphatic carbocycles. The Balaban J connectivity index is 2.32. The maximum Gasteiger partial charge on any atom is 0.118 e. The van der Waals surface area contributed by atoms with Gasteiger partial charge >= 0.3 is 0 Å². The molecule has 1 heteroatoms. The van der Waals surface area contributed by atoms with Crippen molar-refractivity contribution >= 4 is 11.6 Å². The molecule has 0 aliphatic rings. The smallest absolute Gasteiger partial charge is 0.118 e. The van der Waals surface area contributed by atoms with Crippen molar-refractivity contribution in [2.24, 2.45) is 0 Å². The summed E-state index contributed by atoms with van der Waals surface area (Å²) in [4.78, 5) is 0. The molecular weight excluding hydrogens is 232 g/mol. The van der Waals surface area contributed by atoms with E-state index in [0.717, 1.165) is 12.2 Å². The van der Waals surface area contributed by atoms with Crippen molar-refractivity contribution < 1.29 is 4.74 Å². The molecule has 0 heterocycles.